The number of carbonyl (C=O) groups excluding carboxylic acids is 1. The van der Waals surface area contributed by atoms with Crippen LogP contribution < -0.4 is 15.5 Å². The van der Waals surface area contributed by atoms with Gasteiger partial charge in [-0.05, 0) is 55.9 Å². The van der Waals surface area contributed by atoms with Gasteiger partial charge in [0.25, 0.3) is 0 Å². The Bertz CT molecular complexity index is 1400. The Kier molecular flexibility index (Phi) is 6.72. The molecule has 1 saturated heterocycles. The summed E-state index contributed by atoms with van der Waals surface area (Å²) in [7, 11) is 0. The first kappa shape index (κ1) is 23.8. The molecule has 3 N–H and O–H groups in total. The molecule has 0 unspecified atom stereocenters. The van der Waals surface area contributed by atoms with E-state index in [1.807, 2.05) is 47.4 Å². The van der Waals surface area contributed by atoms with Crippen molar-refractivity contribution in [3.63, 3.8) is 0 Å². The Morgan fingerprint density at radius 3 is 2.62 bits per heavy atom. The van der Waals surface area contributed by atoms with Crippen molar-refractivity contribution in [1.29, 1.82) is 0 Å². The van der Waals surface area contributed by atoms with E-state index in [4.69, 9.17) is 15.0 Å². The lowest BCUT2D eigenvalue weighted by molar-refractivity contribution is -0.117. The van der Waals surface area contributed by atoms with Crippen LogP contribution in [0.5, 0.6) is 0 Å². The molecule has 6 rings (SSSR count). The molecule has 3 heterocycles. The maximum atomic E-state index is 12.2. The zero-order valence-corrected chi connectivity index (χ0v) is 21.4. The number of nitrogens with one attached hydrogen (secondary N) is 2. The van der Waals surface area contributed by atoms with Gasteiger partial charge in [-0.1, -0.05) is 41.7 Å². The normalized spacial score (nSPS) is 19.9. The second-order valence-corrected chi connectivity index (χ2v) is 10.9. The Balaban J connectivity index is 1.26. The van der Waals surface area contributed by atoms with E-state index in [1.165, 1.54) is 5.56 Å². The Labute approximate surface area is 219 Å². The maximum absolute atomic E-state index is 12.2. The highest BCUT2D eigenvalue weighted by Gasteiger charge is 2.23. The van der Waals surface area contributed by atoms with E-state index in [9.17, 15) is 9.90 Å². The largest absolute Gasteiger partial charge is 0.393 e. The van der Waals surface area contributed by atoms with Crippen LogP contribution in [0.15, 0.2) is 54.6 Å². The summed E-state index contributed by atoms with van der Waals surface area (Å²) >= 11 is 1.55. The van der Waals surface area contributed by atoms with E-state index in [0.717, 1.165) is 65.4 Å². The SMILES string of the molecule is O=C1CCCN1c1ccc2nc(Nc3cc(Cc4ccccc4)nc(N[C@H]4CC[C@H](O)CC4)n3)sc2c1. The number of anilines is 4. The number of rotatable bonds is 7. The smallest absolute Gasteiger partial charge is 0.227 e. The zero-order chi connectivity index (χ0) is 25.2. The van der Waals surface area contributed by atoms with Gasteiger partial charge in [0.15, 0.2) is 5.13 Å². The second kappa shape index (κ2) is 10.4. The molecule has 190 valence electrons. The van der Waals surface area contributed by atoms with E-state index in [2.05, 4.69) is 22.8 Å². The number of aliphatic hydroxyl groups excluding tert-OH is 1. The van der Waals surface area contributed by atoms with Gasteiger partial charge in [-0.25, -0.2) is 9.97 Å². The number of benzene rings is 2. The van der Waals surface area contributed by atoms with Crippen molar-refractivity contribution in [1.82, 2.24) is 15.0 Å². The Hall–Kier alpha value is -3.56. The van der Waals surface area contributed by atoms with Gasteiger partial charge in [0, 0.05) is 37.2 Å². The molecular weight excluding hydrogens is 484 g/mol. The topological polar surface area (TPSA) is 103 Å². The third-order valence-corrected chi connectivity index (χ3v) is 7.96. The number of carbonyl (C=O) groups is 1. The molecule has 4 aromatic rings. The number of hydrogen-bond donors (Lipinski definition) is 3. The van der Waals surface area contributed by atoms with Crippen molar-refractivity contribution in [2.24, 2.45) is 0 Å². The van der Waals surface area contributed by atoms with Crippen LogP contribution in [-0.2, 0) is 11.2 Å². The highest BCUT2D eigenvalue weighted by Crippen LogP contribution is 2.33. The fourth-order valence-corrected chi connectivity index (χ4v) is 6.00. The number of nitrogens with zero attached hydrogens (tertiary/aromatic N) is 4. The van der Waals surface area contributed by atoms with E-state index in [0.29, 0.717) is 24.6 Å². The predicted octanol–water partition coefficient (Wildman–Crippen LogP) is 5.26. The molecule has 37 heavy (non-hydrogen) atoms. The van der Waals surface area contributed by atoms with Crippen LogP contribution in [0.2, 0.25) is 0 Å². The van der Waals surface area contributed by atoms with Gasteiger partial charge < -0.3 is 20.6 Å². The van der Waals surface area contributed by atoms with E-state index < -0.39 is 0 Å². The van der Waals surface area contributed by atoms with Crippen LogP contribution in [0.4, 0.5) is 22.6 Å². The molecule has 0 spiro atoms. The number of aromatic nitrogens is 3. The number of thiazole rings is 1. The fraction of sp³-hybridized carbons (Fsp3) is 0.357. The van der Waals surface area contributed by atoms with Crippen molar-refractivity contribution in [3.05, 3.63) is 65.9 Å². The number of fused-ring (bicyclic) bond motifs is 1. The number of amides is 1. The minimum absolute atomic E-state index is 0.182. The fourth-order valence-electron chi connectivity index (χ4n) is 5.09. The van der Waals surface area contributed by atoms with Crippen LogP contribution >= 0.6 is 11.3 Å². The summed E-state index contributed by atoms with van der Waals surface area (Å²) in [5.41, 5.74) is 3.92. The Morgan fingerprint density at radius 1 is 1.00 bits per heavy atom. The van der Waals surface area contributed by atoms with Crippen LogP contribution in [0.1, 0.15) is 49.8 Å². The highest BCUT2D eigenvalue weighted by atomic mass is 32.1. The van der Waals surface area contributed by atoms with Gasteiger partial charge in [-0.15, -0.1) is 0 Å². The van der Waals surface area contributed by atoms with E-state index in [1.54, 1.807) is 11.3 Å². The first-order chi connectivity index (χ1) is 18.1. The van der Waals surface area contributed by atoms with E-state index in [-0.39, 0.29) is 18.1 Å². The summed E-state index contributed by atoms with van der Waals surface area (Å²) in [6, 6.07) is 18.5. The summed E-state index contributed by atoms with van der Waals surface area (Å²) in [5.74, 6) is 1.46. The van der Waals surface area contributed by atoms with Gasteiger partial charge in [-0.2, -0.15) is 4.98 Å². The lowest BCUT2D eigenvalue weighted by Gasteiger charge is -2.26. The summed E-state index contributed by atoms with van der Waals surface area (Å²) in [5, 5.41) is 17.5. The molecule has 9 heteroatoms. The van der Waals surface area contributed by atoms with Gasteiger partial charge in [0.1, 0.15) is 5.82 Å². The quantitative estimate of drug-likeness (QED) is 0.309. The standard InChI is InChI=1S/C28H30N6O2S/c35-22-11-8-19(9-12-22)29-27-30-20(15-18-5-2-1-3-6-18)16-25(32-27)33-28-31-23-13-10-21(17-24(23)37-28)34-14-4-7-26(34)36/h1-3,5-6,10,13,16-17,19,22,35H,4,7-9,11-12,14-15H2,(H2,29,30,31,32,33)/t19-,22-. The van der Waals surface area contributed by atoms with Crippen LogP contribution in [-0.4, -0.2) is 44.7 Å². The van der Waals surface area contributed by atoms with Gasteiger partial charge in [0.2, 0.25) is 11.9 Å². The second-order valence-electron chi connectivity index (χ2n) is 9.83. The first-order valence-electron chi connectivity index (χ1n) is 12.9. The molecule has 0 bridgehead atoms. The third kappa shape index (κ3) is 5.57. The average Bonchev–Trinajstić information content (AvgIpc) is 3.50. The van der Waals surface area contributed by atoms with E-state index >= 15 is 0 Å². The summed E-state index contributed by atoms with van der Waals surface area (Å²) in [4.78, 5) is 28.4. The van der Waals surface area contributed by atoms with Crippen molar-refractivity contribution < 1.29 is 9.90 Å². The maximum Gasteiger partial charge on any atom is 0.227 e. The average molecular weight is 515 g/mol. The molecule has 1 aliphatic heterocycles. The molecule has 1 saturated carbocycles. The summed E-state index contributed by atoms with van der Waals surface area (Å²) in [6.07, 6.45) is 5.40. The zero-order valence-electron chi connectivity index (χ0n) is 20.6. The third-order valence-electron chi connectivity index (χ3n) is 7.03. The minimum Gasteiger partial charge on any atom is -0.393 e. The first-order valence-corrected chi connectivity index (χ1v) is 13.8. The van der Waals surface area contributed by atoms with Gasteiger partial charge in [-0.3, -0.25) is 4.79 Å². The molecule has 2 aliphatic rings. The molecule has 1 amide bonds. The Morgan fingerprint density at radius 2 is 1.84 bits per heavy atom. The van der Waals surface area contributed by atoms with Crippen LogP contribution in [0.25, 0.3) is 10.2 Å². The highest BCUT2D eigenvalue weighted by molar-refractivity contribution is 7.22. The van der Waals surface area contributed by atoms with Crippen molar-refractivity contribution in [2.75, 3.05) is 22.1 Å². The van der Waals surface area contributed by atoms with Crippen molar-refractivity contribution in [2.45, 2.75) is 57.1 Å². The monoisotopic (exact) mass is 514 g/mol. The lowest BCUT2D eigenvalue weighted by atomic mass is 9.93. The number of aliphatic hydroxyl groups is 1. The summed E-state index contributed by atoms with van der Waals surface area (Å²) in [6.45, 7) is 0.773. The predicted molar refractivity (Wildman–Crippen MR) is 148 cm³/mol. The molecule has 8 nitrogen and oxygen atoms in total. The van der Waals surface area contributed by atoms with Crippen LogP contribution in [0, 0.1) is 0 Å². The molecular formula is C28H30N6O2S. The van der Waals surface area contributed by atoms with Gasteiger partial charge >= 0.3 is 0 Å². The summed E-state index contributed by atoms with van der Waals surface area (Å²) < 4.78 is 1.03. The van der Waals surface area contributed by atoms with Crippen LogP contribution in [0.3, 0.4) is 0 Å². The molecule has 0 atom stereocenters. The number of hydrogen-bond acceptors (Lipinski definition) is 8. The molecule has 2 aromatic heterocycles. The van der Waals surface area contributed by atoms with Crippen molar-refractivity contribution in [3.8, 4) is 0 Å². The molecule has 2 fully saturated rings. The lowest BCUT2D eigenvalue weighted by Crippen LogP contribution is -2.29. The van der Waals surface area contributed by atoms with Crippen molar-refractivity contribution >= 4 is 50.0 Å². The van der Waals surface area contributed by atoms with Gasteiger partial charge in [0.05, 0.1) is 22.0 Å². The minimum atomic E-state index is -0.205. The molecule has 1 aliphatic carbocycles. The molecule has 0 radical (unpaired) electrons. The molecule has 2 aromatic carbocycles.